The topological polar surface area (TPSA) is 40.5 Å². The van der Waals surface area contributed by atoms with Gasteiger partial charge in [-0.05, 0) is 38.5 Å². The summed E-state index contributed by atoms with van der Waals surface area (Å²) in [6.07, 6.45) is 4.85. The van der Waals surface area contributed by atoms with Gasteiger partial charge < -0.3 is 10.2 Å². The first-order chi connectivity index (χ1) is 4.62. The first-order valence-electron chi connectivity index (χ1n) is 4.07. The first-order valence-corrected chi connectivity index (χ1v) is 4.07. The minimum absolute atomic E-state index is 0.398. The van der Waals surface area contributed by atoms with Crippen molar-refractivity contribution in [2.24, 2.45) is 0 Å². The van der Waals surface area contributed by atoms with Gasteiger partial charge in [-0.3, -0.25) is 0 Å². The molecule has 0 unspecified atom stereocenters. The zero-order chi connectivity index (χ0) is 7.24. The molecule has 3 saturated carbocycles. The molecule has 0 atom stereocenters. The van der Waals surface area contributed by atoms with E-state index in [1.54, 1.807) is 0 Å². The highest BCUT2D eigenvalue weighted by Gasteiger charge is 2.46. The highest BCUT2D eigenvalue weighted by molar-refractivity contribution is 4.99. The Kier molecular flexibility index (Phi) is 1.15. The van der Waals surface area contributed by atoms with Crippen molar-refractivity contribution < 1.29 is 10.2 Å². The van der Waals surface area contributed by atoms with Gasteiger partial charge in [0.25, 0.3) is 0 Å². The van der Waals surface area contributed by atoms with Crippen LogP contribution in [-0.2, 0) is 0 Å². The van der Waals surface area contributed by atoms with Crippen molar-refractivity contribution in [2.45, 2.75) is 49.7 Å². The summed E-state index contributed by atoms with van der Waals surface area (Å²) in [5, 5.41) is 19.4. The highest BCUT2D eigenvalue weighted by Crippen LogP contribution is 2.46. The Morgan fingerprint density at radius 1 is 0.600 bits per heavy atom. The summed E-state index contributed by atoms with van der Waals surface area (Å²) in [5.41, 5.74) is -0.797. The van der Waals surface area contributed by atoms with Crippen LogP contribution in [0.2, 0.25) is 0 Å². The van der Waals surface area contributed by atoms with Gasteiger partial charge in [0.1, 0.15) is 0 Å². The van der Waals surface area contributed by atoms with Crippen LogP contribution >= 0.6 is 0 Å². The van der Waals surface area contributed by atoms with Crippen LogP contribution in [0.15, 0.2) is 0 Å². The van der Waals surface area contributed by atoms with Gasteiger partial charge in [-0.15, -0.1) is 0 Å². The number of fused-ring (bicyclic) bond motifs is 3. The maximum Gasteiger partial charge on any atom is 0.0651 e. The molecule has 58 valence electrons. The fourth-order valence-corrected chi connectivity index (χ4v) is 2.15. The van der Waals surface area contributed by atoms with Crippen LogP contribution in [0.4, 0.5) is 0 Å². The fraction of sp³-hybridized carbons (Fsp3) is 1.00. The molecule has 10 heavy (non-hydrogen) atoms. The highest BCUT2D eigenvalue weighted by atomic mass is 16.3. The molecule has 0 spiro atoms. The second kappa shape index (κ2) is 1.74. The van der Waals surface area contributed by atoms with Crippen LogP contribution in [-0.4, -0.2) is 21.4 Å². The lowest BCUT2D eigenvalue weighted by Gasteiger charge is -2.47. The molecule has 0 aromatic carbocycles. The van der Waals surface area contributed by atoms with Crippen molar-refractivity contribution in [3.8, 4) is 0 Å². The summed E-state index contributed by atoms with van der Waals surface area (Å²) in [7, 11) is 0. The number of rotatable bonds is 0. The molecular weight excluding hydrogens is 128 g/mol. The Balaban J connectivity index is 2.16. The molecule has 2 heteroatoms. The average Bonchev–Trinajstić information content (AvgIpc) is 1.93. The van der Waals surface area contributed by atoms with E-state index in [4.69, 9.17) is 0 Å². The van der Waals surface area contributed by atoms with Gasteiger partial charge in [0.2, 0.25) is 0 Å². The summed E-state index contributed by atoms with van der Waals surface area (Å²) in [5.74, 6) is 0. The second-order valence-electron chi connectivity index (χ2n) is 3.95. The largest absolute Gasteiger partial charge is 0.390 e. The summed E-state index contributed by atoms with van der Waals surface area (Å²) in [4.78, 5) is 0. The minimum Gasteiger partial charge on any atom is -0.390 e. The molecule has 0 radical (unpaired) electrons. The fourth-order valence-electron chi connectivity index (χ4n) is 2.15. The van der Waals surface area contributed by atoms with Crippen LogP contribution in [0.5, 0.6) is 0 Å². The zero-order valence-corrected chi connectivity index (χ0v) is 6.14. The predicted octanol–water partition coefficient (Wildman–Crippen LogP) is 0.816. The number of hydrogen-bond donors (Lipinski definition) is 2. The van der Waals surface area contributed by atoms with E-state index in [9.17, 15) is 10.2 Å². The van der Waals surface area contributed by atoms with Gasteiger partial charge in [-0.1, -0.05) is 0 Å². The van der Waals surface area contributed by atoms with E-state index >= 15 is 0 Å². The van der Waals surface area contributed by atoms with E-state index in [1.165, 1.54) is 0 Å². The van der Waals surface area contributed by atoms with Crippen LogP contribution in [0.3, 0.4) is 0 Å². The summed E-state index contributed by atoms with van der Waals surface area (Å²) < 4.78 is 0. The molecule has 2 bridgehead atoms. The lowest BCUT2D eigenvalue weighted by molar-refractivity contribution is -0.137. The van der Waals surface area contributed by atoms with E-state index < -0.39 is 11.2 Å². The van der Waals surface area contributed by atoms with Crippen LogP contribution < -0.4 is 0 Å². The van der Waals surface area contributed by atoms with Gasteiger partial charge in [-0.25, -0.2) is 0 Å². The molecule has 0 amide bonds. The lowest BCUT2D eigenvalue weighted by atomic mass is 9.65. The summed E-state index contributed by atoms with van der Waals surface area (Å²) >= 11 is 0. The van der Waals surface area contributed by atoms with Crippen molar-refractivity contribution in [2.75, 3.05) is 0 Å². The first kappa shape index (κ1) is 6.62. The smallest absolute Gasteiger partial charge is 0.0651 e. The van der Waals surface area contributed by atoms with Crippen LogP contribution in [0, 0.1) is 0 Å². The Morgan fingerprint density at radius 3 is 1.00 bits per heavy atom. The standard InChI is InChI=1S/C8H14O2/c9-7-1-2-8(10,5-3-7)6-4-7/h9-10H,1-6H2. The summed E-state index contributed by atoms with van der Waals surface area (Å²) in [6, 6.07) is 0. The predicted molar refractivity (Wildman–Crippen MR) is 37.6 cm³/mol. The Bertz CT molecular complexity index is 111. The molecule has 0 aliphatic heterocycles. The number of hydrogen-bond acceptors (Lipinski definition) is 2. The molecule has 0 aromatic rings. The third kappa shape index (κ3) is 0.867. The van der Waals surface area contributed by atoms with E-state index in [0.29, 0.717) is 0 Å². The molecule has 0 saturated heterocycles. The van der Waals surface area contributed by atoms with E-state index in [2.05, 4.69) is 0 Å². The Morgan fingerprint density at radius 2 is 0.800 bits per heavy atom. The van der Waals surface area contributed by atoms with Gasteiger partial charge in [0, 0.05) is 0 Å². The maximum absolute atomic E-state index is 9.72. The molecule has 2 N–H and O–H groups in total. The monoisotopic (exact) mass is 142 g/mol. The second-order valence-corrected chi connectivity index (χ2v) is 3.95. The van der Waals surface area contributed by atoms with Gasteiger partial charge in [0.15, 0.2) is 0 Å². The van der Waals surface area contributed by atoms with E-state index in [1.807, 2.05) is 0 Å². The Labute approximate surface area is 60.9 Å². The SMILES string of the molecule is OC12CCC(O)(CC1)CC2. The summed E-state index contributed by atoms with van der Waals surface area (Å²) in [6.45, 7) is 0. The molecular formula is C8H14O2. The van der Waals surface area contributed by atoms with Gasteiger partial charge in [-0.2, -0.15) is 0 Å². The van der Waals surface area contributed by atoms with Crippen molar-refractivity contribution in [1.29, 1.82) is 0 Å². The quantitative estimate of drug-likeness (QED) is 0.525. The third-order valence-electron chi connectivity index (χ3n) is 3.17. The molecule has 2 nitrogen and oxygen atoms in total. The van der Waals surface area contributed by atoms with Crippen molar-refractivity contribution >= 4 is 0 Å². The Hall–Kier alpha value is -0.0800. The van der Waals surface area contributed by atoms with Crippen LogP contribution in [0.1, 0.15) is 38.5 Å². The van der Waals surface area contributed by atoms with Crippen molar-refractivity contribution in [3.63, 3.8) is 0 Å². The zero-order valence-electron chi connectivity index (χ0n) is 6.14. The normalized spacial score (nSPS) is 53.4. The van der Waals surface area contributed by atoms with Crippen molar-refractivity contribution in [3.05, 3.63) is 0 Å². The minimum atomic E-state index is -0.398. The van der Waals surface area contributed by atoms with E-state index in [0.717, 1.165) is 38.5 Å². The third-order valence-corrected chi connectivity index (χ3v) is 3.17. The lowest BCUT2D eigenvalue weighted by Crippen LogP contribution is -2.49. The average molecular weight is 142 g/mol. The molecule has 3 aliphatic rings. The van der Waals surface area contributed by atoms with Crippen LogP contribution in [0.25, 0.3) is 0 Å². The number of aliphatic hydroxyl groups is 2. The molecule has 0 aromatic heterocycles. The molecule has 3 rings (SSSR count). The van der Waals surface area contributed by atoms with Crippen molar-refractivity contribution in [1.82, 2.24) is 0 Å². The molecule has 3 fully saturated rings. The van der Waals surface area contributed by atoms with Gasteiger partial charge >= 0.3 is 0 Å². The van der Waals surface area contributed by atoms with Gasteiger partial charge in [0.05, 0.1) is 11.2 Å². The molecule has 0 heterocycles. The maximum atomic E-state index is 9.72. The van der Waals surface area contributed by atoms with E-state index in [-0.39, 0.29) is 0 Å². The molecule has 3 aliphatic carbocycles.